The zero-order valence-corrected chi connectivity index (χ0v) is 14.8. The van der Waals surface area contributed by atoms with E-state index in [2.05, 4.69) is 4.99 Å². The highest BCUT2D eigenvalue weighted by molar-refractivity contribution is 6.69. The number of rotatable bonds is 5. The van der Waals surface area contributed by atoms with E-state index in [4.69, 9.17) is 4.43 Å². The Morgan fingerprint density at radius 2 is 1.29 bits per heavy atom. The minimum absolute atomic E-state index is 0.275. The second-order valence-electron chi connectivity index (χ2n) is 6.33. The first-order valence-corrected chi connectivity index (χ1v) is 11.0. The van der Waals surface area contributed by atoms with Crippen LogP contribution in [0.2, 0.25) is 19.6 Å². The number of benzene rings is 2. The molecule has 0 spiro atoms. The molecule has 128 valence electrons. The fourth-order valence-electron chi connectivity index (χ4n) is 2.13. The number of aliphatic imine (C=N–C) groups is 1. The van der Waals surface area contributed by atoms with E-state index in [1.807, 2.05) is 12.1 Å². The van der Waals surface area contributed by atoms with Crippen molar-refractivity contribution in [1.29, 1.82) is 0 Å². The van der Waals surface area contributed by atoms with E-state index >= 15 is 0 Å². The first kappa shape index (κ1) is 18.4. The zero-order valence-electron chi connectivity index (χ0n) is 13.8. The van der Waals surface area contributed by atoms with Crippen LogP contribution in [0, 0.1) is 0 Å². The minimum atomic E-state index is -4.56. The van der Waals surface area contributed by atoms with Gasteiger partial charge in [-0.3, -0.25) is 0 Å². The van der Waals surface area contributed by atoms with Crippen LogP contribution in [0.25, 0.3) is 0 Å². The number of nitrogens with zero attached hydrogens (tertiary/aromatic N) is 1. The number of alkyl halides is 3. The van der Waals surface area contributed by atoms with E-state index in [0.29, 0.717) is 11.1 Å². The molecule has 6 heteroatoms. The zero-order chi connectivity index (χ0) is 17.8. The monoisotopic (exact) mass is 351 g/mol. The van der Waals surface area contributed by atoms with Crippen molar-refractivity contribution in [2.45, 2.75) is 32.0 Å². The van der Waals surface area contributed by atoms with Crippen LogP contribution in [0.15, 0.2) is 65.7 Å². The van der Waals surface area contributed by atoms with Gasteiger partial charge in [0.25, 0.3) is 0 Å². The lowest BCUT2D eigenvalue weighted by atomic mass is 10.0. The lowest BCUT2D eigenvalue weighted by Crippen LogP contribution is -2.40. The van der Waals surface area contributed by atoms with Gasteiger partial charge < -0.3 is 4.43 Å². The van der Waals surface area contributed by atoms with Crippen molar-refractivity contribution in [3.8, 4) is 0 Å². The maximum atomic E-state index is 13.4. The van der Waals surface area contributed by atoms with Crippen LogP contribution in [0.1, 0.15) is 11.1 Å². The van der Waals surface area contributed by atoms with Crippen LogP contribution in [0.5, 0.6) is 0 Å². The smallest absolute Gasteiger partial charge is 0.390 e. The van der Waals surface area contributed by atoms with Crippen molar-refractivity contribution >= 4 is 14.0 Å². The average molecular weight is 351 g/mol. The molecule has 1 atom stereocenters. The van der Waals surface area contributed by atoms with Gasteiger partial charge in [0.2, 0.25) is 6.23 Å². The van der Waals surface area contributed by atoms with Crippen LogP contribution in [-0.4, -0.2) is 26.4 Å². The summed E-state index contributed by atoms with van der Waals surface area (Å²) in [5, 5.41) is 0. The van der Waals surface area contributed by atoms with E-state index < -0.39 is 20.7 Å². The van der Waals surface area contributed by atoms with Gasteiger partial charge in [-0.25, -0.2) is 4.99 Å². The molecule has 1 unspecified atom stereocenters. The van der Waals surface area contributed by atoms with Gasteiger partial charge in [0, 0.05) is 11.1 Å². The summed E-state index contributed by atoms with van der Waals surface area (Å²) in [6, 6.07) is 17.7. The SMILES string of the molecule is C[Si](C)(C)OC(N=C(c1ccccc1)c1ccccc1)C(F)(F)F. The summed E-state index contributed by atoms with van der Waals surface area (Å²) in [5.74, 6) is 0. The van der Waals surface area contributed by atoms with Gasteiger partial charge in [0.05, 0.1) is 5.71 Å². The summed E-state index contributed by atoms with van der Waals surface area (Å²) in [6.07, 6.45) is -6.73. The molecule has 0 saturated heterocycles. The lowest BCUT2D eigenvalue weighted by Gasteiger charge is -2.26. The van der Waals surface area contributed by atoms with Crippen LogP contribution in [0.4, 0.5) is 13.2 Å². The van der Waals surface area contributed by atoms with Crippen LogP contribution >= 0.6 is 0 Å². The van der Waals surface area contributed by atoms with E-state index in [1.165, 1.54) is 0 Å². The van der Waals surface area contributed by atoms with Gasteiger partial charge in [-0.1, -0.05) is 60.7 Å². The van der Waals surface area contributed by atoms with Gasteiger partial charge in [0.1, 0.15) is 0 Å². The predicted octanol–water partition coefficient (Wildman–Crippen LogP) is 5.26. The fourth-order valence-corrected chi connectivity index (χ4v) is 2.98. The highest BCUT2D eigenvalue weighted by Crippen LogP contribution is 2.28. The molecular weight excluding hydrogens is 331 g/mol. The Morgan fingerprint density at radius 3 is 1.62 bits per heavy atom. The molecule has 0 radical (unpaired) electrons. The maximum Gasteiger partial charge on any atom is 0.434 e. The van der Waals surface area contributed by atoms with Crippen LogP contribution in [-0.2, 0) is 4.43 Å². The van der Waals surface area contributed by atoms with Crippen molar-refractivity contribution in [2.75, 3.05) is 0 Å². The normalized spacial score (nSPS) is 13.4. The summed E-state index contributed by atoms with van der Waals surface area (Å²) in [6.45, 7) is 5.14. The number of hydrogen-bond acceptors (Lipinski definition) is 2. The summed E-state index contributed by atoms with van der Waals surface area (Å²) >= 11 is 0. The van der Waals surface area contributed by atoms with Crippen molar-refractivity contribution in [2.24, 2.45) is 4.99 Å². The highest BCUT2D eigenvalue weighted by Gasteiger charge is 2.43. The Balaban J connectivity index is 2.54. The van der Waals surface area contributed by atoms with E-state index in [-0.39, 0.29) is 5.71 Å². The van der Waals surface area contributed by atoms with Crippen LogP contribution < -0.4 is 0 Å². The lowest BCUT2D eigenvalue weighted by molar-refractivity contribution is -0.194. The van der Waals surface area contributed by atoms with Gasteiger partial charge >= 0.3 is 6.18 Å². The Labute approximate surface area is 141 Å². The molecule has 0 aliphatic carbocycles. The third-order valence-electron chi connectivity index (χ3n) is 3.09. The van der Waals surface area contributed by atoms with Gasteiger partial charge in [-0.05, 0) is 19.6 Å². The largest absolute Gasteiger partial charge is 0.434 e. The third-order valence-corrected chi connectivity index (χ3v) is 4.02. The molecule has 2 rings (SSSR count). The molecule has 0 aromatic heterocycles. The van der Waals surface area contributed by atoms with Crippen molar-refractivity contribution in [3.05, 3.63) is 71.8 Å². The average Bonchev–Trinajstić information content (AvgIpc) is 2.51. The Morgan fingerprint density at radius 1 is 0.875 bits per heavy atom. The fraction of sp³-hybridized carbons (Fsp3) is 0.278. The quantitative estimate of drug-likeness (QED) is 0.531. The van der Waals surface area contributed by atoms with E-state index in [9.17, 15) is 13.2 Å². The Kier molecular flexibility index (Phi) is 5.61. The van der Waals surface area contributed by atoms with Gasteiger partial charge in [0.15, 0.2) is 8.32 Å². The molecule has 2 aromatic rings. The molecule has 0 amide bonds. The van der Waals surface area contributed by atoms with Crippen LogP contribution in [0.3, 0.4) is 0 Å². The predicted molar refractivity (Wildman–Crippen MR) is 92.8 cm³/mol. The summed E-state index contributed by atoms with van der Waals surface area (Å²) in [4.78, 5) is 3.98. The molecule has 0 fully saturated rings. The maximum absolute atomic E-state index is 13.4. The minimum Gasteiger partial charge on any atom is -0.390 e. The van der Waals surface area contributed by atoms with Gasteiger partial charge in [-0.2, -0.15) is 13.2 Å². The molecule has 0 saturated carbocycles. The van der Waals surface area contributed by atoms with Crippen molar-refractivity contribution < 1.29 is 17.6 Å². The first-order chi connectivity index (χ1) is 11.2. The molecular formula is C18H20F3NOSi. The highest BCUT2D eigenvalue weighted by atomic mass is 28.4. The van der Waals surface area contributed by atoms with Crippen molar-refractivity contribution in [3.63, 3.8) is 0 Å². The molecule has 0 aliphatic heterocycles. The Hall–Kier alpha value is -1.92. The molecule has 2 aromatic carbocycles. The molecule has 0 bridgehead atoms. The standard InChI is InChI=1S/C18H20F3NOSi/c1-24(2,3)23-17(18(19,20)21)22-16(14-10-6-4-7-11-14)15-12-8-5-9-13-15/h4-13,17H,1-3H3. The summed E-state index contributed by atoms with van der Waals surface area (Å²) < 4.78 is 45.6. The number of halogens is 3. The molecule has 2 nitrogen and oxygen atoms in total. The van der Waals surface area contributed by atoms with Gasteiger partial charge in [-0.15, -0.1) is 0 Å². The summed E-state index contributed by atoms with van der Waals surface area (Å²) in [7, 11) is -2.43. The third kappa shape index (κ3) is 5.32. The van der Waals surface area contributed by atoms with E-state index in [1.54, 1.807) is 68.2 Å². The second kappa shape index (κ2) is 7.32. The topological polar surface area (TPSA) is 21.6 Å². The van der Waals surface area contributed by atoms with E-state index in [0.717, 1.165) is 0 Å². The first-order valence-electron chi connectivity index (χ1n) is 7.60. The number of hydrogen-bond donors (Lipinski definition) is 0. The van der Waals surface area contributed by atoms with Crippen molar-refractivity contribution in [1.82, 2.24) is 0 Å². The molecule has 0 aliphatic rings. The Bertz CT molecular complexity index is 637. The molecule has 24 heavy (non-hydrogen) atoms. The summed E-state index contributed by atoms with van der Waals surface area (Å²) in [5.41, 5.74) is 1.52. The molecule has 0 N–H and O–H groups in total. The second-order valence-corrected chi connectivity index (χ2v) is 10.8. The molecule has 0 heterocycles.